The fourth-order valence-electron chi connectivity index (χ4n) is 3.43. The van der Waals surface area contributed by atoms with E-state index in [-0.39, 0.29) is 29.1 Å². The third-order valence-electron chi connectivity index (χ3n) is 4.88. The van der Waals surface area contributed by atoms with E-state index in [2.05, 4.69) is 10.6 Å². The molecule has 2 heterocycles. The van der Waals surface area contributed by atoms with Crippen molar-refractivity contribution in [3.05, 3.63) is 18.2 Å². The Morgan fingerprint density at radius 3 is 2.67 bits per heavy atom. The Kier molecular flexibility index (Phi) is 7.91. The zero-order valence-electron chi connectivity index (χ0n) is 15.6. The van der Waals surface area contributed by atoms with Gasteiger partial charge in [0.05, 0.1) is 12.5 Å². The average molecular weight is 418 g/mol. The molecule has 1 atom stereocenters. The molecule has 1 amide bonds. The van der Waals surface area contributed by atoms with Gasteiger partial charge in [-0.05, 0) is 50.9 Å². The van der Waals surface area contributed by atoms with Crippen LogP contribution in [-0.2, 0) is 14.8 Å². The number of benzene rings is 1. The molecule has 0 radical (unpaired) electrons. The SMILES string of the molecule is CCOc1ccc(NC(=O)C2CCNC2)cc1S(=O)(=O)N1CCCCC1.Cl. The molecule has 2 N–H and O–H groups in total. The Hall–Kier alpha value is -1.35. The van der Waals surface area contributed by atoms with E-state index in [9.17, 15) is 13.2 Å². The molecule has 27 heavy (non-hydrogen) atoms. The minimum atomic E-state index is -3.65. The minimum Gasteiger partial charge on any atom is -0.492 e. The first-order valence-electron chi connectivity index (χ1n) is 9.31. The van der Waals surface area contributed by atoms with Crippen molar-refractivity contribution in [1.29, 1.82) is 0 Å². The van der Waals surface area contributed by atoms with Gasteiger partial charge in [-0.2, -0.15) is 4.31 Å². The van der Waals surface area contributed by atoms with Crippen molar-refractivity contribution in [2.75, 3.05) is 38.1 Å². The molecule has 9 heteroatoms. The van der Waals surface area contributed by atoms with E-state index < -0.39 is 10.0 Å². The van der Waals surface area contributed by atoms with Crippen molar-refractivity contribution in [3.63, 3.8) is 0 Å². The van der Waals surface area contributed by atoms with Gasteiger partial charge in [-0.1, -0.05) is 6.42 Å². The molecule has 0 spiro atoms. The minimum absolute atomic E-state index is 0. The van der Waals surface area contributed by atoms with E-state index in [1.54, 1.807) is 12.1 Å². The molecule has 3 rings (SSSR count). The number of nitrogens with zero attached hydrogens (tertiary/aromatic N) is 1. The van der Waals surface area contributed by atoms with Crippen LogP contribution in [0, 0.1) is 5.92 Å². The highest BCUT2D eigenvalue weighted by Crippen LogP contribution is 2.31. The Morgan fingerprint density at radius 2 is 2.04 bits per heavy atom. The first-order valence-corrected chi connectivity index (χ1v) is 10.7. The molecule has 7 nitrogen and oxygen atoms in total. The van der Waals surface area contributed by atoms with Crippen molar-refractivity contribution in [1.82, 2.24) is 9.62 Å². The number of carbonyl (C=O) groups excluding carboxylic acids is 1. The number of anilines is 1. The van der Waals surface area contributed by atoms with E-state index in [0.717, 1.165) is 32.2 Å². The summed E-state index contributed by atoms with van der Waals surface area (Å²) in [5, 5.41) is 6.01. The number of hydrogen-bond acceptors (Lipinski definition) is 5. The van der Waals surface area contributed by atoms with E-state index in [1.807, 2.05) is 6.92 Å². The van der Waals surface area contributed by atoms with Crippen LogP contribution >= 0.6 is 12.4 Å². The summed E-state index contributed by atoms with van der Waals surface area (Å²) in [5.74, 6) is 0.169. The summed E-state index contributed by atoms with van der Waals surface area (Å²) in [7, 11) is -3.65. The Bertz CT molecular complexity index is 745. The maximum absolute atomic E-state index is 13.1. The summed E-state index contributed by atoms with van der Waals surface area (Å²) in [6, 6.07) is 4.85. The standard InChI is InChI=1S/C18H27N3O4S.ClH/c1-2-25-16-7-6-15(20-18(22)14-8-9-19-13-14)12-17(16)26(23,24)21-10-4-3-5-11-21;/h6-7,12,14,19H,2-5,8-11,13H2,1H3,(H,20,22);1H. The maximum Gasteiger partial charge on any atom is 0.246 e. The van der Waals surface area contributed by atoms with Crippen LogP contribution in [0.3, 0.4) is 0 Å². The van der Waals surface area contributed by atoms with Crippen molar-refractivity contribution >= 4 is 34.0 Å². The number of piperidine rings is 1. The molecule has 0 bridgehead atoms. The Balaban J connectivity index is 0.00000261. The Labute approximate surface area is 167 Å². The smallest absolute Gasteiger partial charge is 0.246 e. The van der Waals surface area contributed by atoms with Crippen molar-refractivity contribution in [2.24, 2.45) is 5.92 Å². The molecule has 0 aliphatic carbocycles. The summed E-state index contributed by atoms with van der Waals surface area (Å²) in [6.45, 7) is 4.73. The molecule has 1 unspecified atom stereocenters. The lowest BCUT2D eigenvalue weighted by atomic mass is 10.1. The van der Waals surface area contributed by atoms with Gasteiger partial charge >= 0.3 is 0 Å². The topological polar surface area (TPSA) is 87.7 Å². The number of carbonyl (C=O) groups is 1. The predicted octanol–water partition coefficient (Wildman–Crippen LogP) is 2.23. The molecular formula is C18H28ClN3O4S. The number of sulfonamides is 1. The summed E-state index contributed by atoms with van der Waals surface area (Å²) in [4.78, 5) is 12.5. The van der Waals surface area contributed by atoms with Gasteiger partial charge in [0.2, 0.25) is 15.9 Å². The average Bonchev–Trinajstić information content (AvgIpc) is 3.19. The molecule has 2 saturated heterocycles. The maximum atomic E-state index is 13.1. The van der Waals surface area contributed by atoms with Crippen molar-refractivity contribution in [2.45, 2.75) is 37.5 Å². The lowest BCUT2D eigenvalue weighted by Gasteiger charge is -2.27. The van der Waals surface area contributed by atoms with Crippen LogP contribution in [0.1, 0.15) is 32.6 Å². The summed E-state index contributed by atoms with van der Waals surface area (Å²) < 4.78 is 33.3. The molecule has 2 aliphatic heterocycles. The van der Waals surface area contributed by atoms with Crippen LogP contribution in [0.2, 0.25) is 0 Å². The first kappa shape index (κ1) is 21.9. The predicted molar refractivity (Wildman–Crippen MR) is 107 cm³/mol. The molecule has 0 saturated carbocycles. The molecule has 2 aliphatic rings. The lowest BCUT2D eigenvalue weighted by Crippen LogP contribution is -2.35. The second-order valence-electron chi connectivity index (χ2n) is 6.74. The van der Waals surface area contributed by atoms with Crippen LogP contribution in [0.5, 0.6) is 5.75 Å². The van der Waals surface area contributed by atoms with Crippen molar-refractivity contribution in [3.8, 4) is 5.75 Å². The number of amides is 1. The van der Waals surface area contributed by atoms with Gasteiger partial charge in [0.25, 0.3) is 0 Å². The van der Waals surface area contributed by atoms with Gasteiger partial charge in [0.15, 0.2) is 0 Å². The molecule has 152 valence electrons. The van der Waals surface area contributed by atoms with Crippen LogP contribution in [0.15, 0.2) is 23.1 Å². The Morgan fingerprint density at radius 1 is 1.30 bits per heavy atom. The number of halogens is 1. The summed E-state index contributed by atoms with van der Waals surface area (Å²) in [6.07, 6.45) is 3.58. The molecule has 1 aromatic rings. The number of ether oxygens (including phenoxy) is 1. The highest BCUT2D eigenvalue weighted by molar-refractivity contribution is 7.89. The second kappa shape index (κ2) is 9.73. The van der Waals surface area contributed by atoms with Crippen LogP contribution < -0.4 is 15.4 Å². The monoisotopic (exact) mass is 417 g/mol. The fraction of sp³-hybridized carbons (Fsp3) is 0.611. The molecule has 1 aromatic carbocycles. The zero-order chi connectivity index (χ0) is 18.6. The normalized spacial score (nSPS) is 20.7. The summed E-state index contributed by atoms with van der Waals surface area (Å²) >= 11 is 0. The largest absolute Gasteiger partial charge is 0.492 e. The first-order chi connectivity index (χ1) is 12.5. The van der Waals surface area contributed by atoms with Gasteiger partial charge in [0.1, 0.15) is 10.6 Å². The van der Waals surface area contributed by atoms with Gasteiger partial charge < -0.3 is 15.4 Å². The second-order valence-corrected chi connectivity index (χ2v) is 8.64. The highest BCUT2D eigenvalue weighted by Gasteiger charge is 2.30. The molecule has 0 aromatic heterocycles. The molecular weight excluding hydrogens is 390 g/mol. The number of hydrogen-bond donors (Lipinski definition) is 2. The van der Waals surface area contributed by atoms with Crippen molar-refractivity contribution < 1.29 is 17.9 Å². The third kappa shape index (κ3) is 5.13. The van der Waals surface area contributed by atoms with E-state index in [4.69, 9.17) is 4.74 Å². The summed E-state index contributed by atoms with van der Waals surface area (Å²) in [5.41, 5.74) is 0.487. The fourth-order valence-corrected chi connectivity index (χ4v) is 5.10. The van der Waals surface area contributed by atoms with E-state index >= 15 is 0 Å². The van der Waals surface area contributed by atoms with E-state index in [1.165, 1.54) is 10.4 Å². The van der Waals surface area contributed by atoms with Crippen LogP contribution in [0.25, 0.3) is 0 Å². The number of rotatable bonds is 6. The quantitative estimate of drug-likeness (QED) is 0.741. The zero-order valence-corrected chi connectivity index (χ0v) is 17.2. The van der Waals surface area contributed by atoms with Gasteiger partial charge in [0, 0.05) is 25.3 Å². The molecule has 2 fully saturated rings. The van der Waals surface area contributed by atoms with Gasteiger partial charge in [-0.15, -0.1) is 12.4 Å². The van der Waals surface area contributed by atoms with Crippen LogP contribution in [-0.4, -0.2) is 51.4 Å². The van der Waals surface area contributed by atoms with Gasteiger partial charge in [-0.25, -0.2) is 8.42 Å². The van der Waals surface area contributed by atoms with Crippen LogP contribution in [0.4, 0.5) is 5.69 Å². The van der Waals surface area contributed by atoms with Gasteiger partial charge in [-0.3, -0.25) is 4.79 Å². The number of nitrogens with one attached hydrogen (secondary N) is 2. The lowest BCUT2D eigenvalue weighted by molar-refractivity contribution is -0.119. The highest BCUT2D eigenvalue weighted by atomic mass is 35.5. The third-order valence-corrected chi connectivity index (χ3v) is 6.79. The van der Waals surface area contributed by atoms with E-state index in [0.29, 0.717) is 37.7 Å².